The first-order valence-corrected chi connectivity index (χ1v) is 18.1. The van der Waals surface area contributed by atoms with E-state index < -0.39 is 0 Å². The molecule has 4 heterocycles. The molecule has 0 bridgehead atoms. The van der Waals surface area contributed by atoms with Gasteiger partial charge < -0.3 is 0 Å². The van der Waals surface area contributed by atoms with Gasteiger partial charge in [0.25, 0.3) is 0 Å². The maximum absolute atomic E-state index is 5.50. The van der Waals surface area contributed by atoms with E-state index in [1.54, 1.807) is 12.4 Å². The Balaban J connectivity index is 1.16. The first-order chi connectivity index (χ1) is 26.8. The van der Waals surface area contributed by atoms with E-state index in [2.05, 4.69) is 156 Å². The van der Waals surface area contributed by atoms with E-state index >= 15 is 0 Å². The monoisotopic (exact) mass is 688 g/mol. The fourth-order valence-corrected chi connectivity index (χ4v) is 7.64. The van der Waals surface area contributed by atoms with Gasteiger partial charge in [0.1, 0.15) is 0 Å². The zero-order valence-electron chi connectivity index (χ0n) is 29.3. The Morgan fingerprint density at radius 1 is 0.315 bits per heavy atom. The van der Waals surface area contributed by atoms with Crippen LogP contribution >= 0.6 is 0 Å². The molecular formula is C50H32N4. The molecular weight excluding hydrogens is 657 g/mol. The molecule has 10 rings (SSSR count). The highest BCUT2D eigenvalue weighted by Crippen LogP contribution is 2.43. The Kier molecular flexibility index (Phi) is 7.77. The molecule has 252 valence electrons. The van der Waals surface area contributed by atoms with Crippen molar-refractivity contribution in [1.29, 1.82) is 0 Å². The second-order valence-corrected chi connectivity index (χ2v) is 13.4. The van der Waals surface area contributed by atoms with Crippen LogP contribution in [-0.2, 0) is 0 Å². The van der Waals surface area contributed by atoms with E-state index in [4.69, 9.17) is 9.97 Å². The molecule has 0 N–H and O–H groups in total. The highest BCUT2D eigenvalue weighted by molar-refractivity contribution is 6.20. The van der Waals surface area contributed by atoms with Crippen LogP contribution in [-0.4, -0.2) is 19.9 Å². The summed E-state index contributed by atoms with van der Waals surface area (Å²) in [6, 6.07) is 63.8. The van der Waals surface area contributed by atoms with Gasteiger partial charge in [0, 0.05) is 39.7 Å². The lowest BCUT2D eigenvalue weighted by Crippen LogP contribution is -1.95. The van der Waals surface area contributed by atoms with Gasteiger partial charge in [-0.3, -0.25) is 9.97 Å². The molecule has 0 saturated carbocycles. The zero-order valence-corrected chi connectivity index (χ0v) is 29.3. The first kappa shape index (κ1) is 31.4. The molecule has 6 aromatic carbocycles. The highest BCUT2D eigenvalue weighted by Gasteiger charge is 2.18. The second-order valence-electron chi connectivity index (χ2n) is 13.4. The van der Waals surface area contributed by atoms with Gasteiger partial charge in [-0.15, -0.1) is 0 Å². The predicted octanol–water partition coefficient (Wildman–Crippen LogP) is 12.7. The van der Waals surface area contributed by atoms with Crippen molar-refractivity contribution in [2.45, 2.75) is 0 Å². The molecule has 4 nitrogen and oxygen atoms in total. The van der Waals surface area contributed by atoms with Crippen molar-refractivity contribution >= 4 is 32.4 Å². The third kappa shape index (κ3) is 5.58. The topological polar surface area (TPSA) is 51.6 Å². The molecule has 0 amide bonds. The van der Waals surface area contributed by atoms with Crippen molar-refractivity contribution in [3.63, 3.8) is 0 Å². The maximum Gasteiger partial charge on any atom is 0.0900 e. The number of fused-ring (bicyclic) bond motifs is 4. The van der Waals surface area contributed by atoms with Crippen molar-refractivity contribution in [2.75, 3.05) is 0 Å². The van der Waals surface area contributed by atoms with Crippen molar-refractivity contribution in [3.8, 4) is 67.4 Å². The minimum absolute atomic E-state index is 0.804. The van der Waals surface area contributed by atoms with Crippen molar-refractivity contribution in [1.82, 2.24) is 19.9 Å². The Morgan fingerprint density at radius 2 is 0.889 bits per heavy atom. The Hall–Kier alpha value is -7.30. The second kappa shape index (κ2) is 13.4. The van der Waals surface area contributed by atoms with Gasteiger partial charge in [-0.2, -0.15) is 0 Å². The van der Waals surface area contributed by atoms with Crippen molar-refractivity contribution in [3.05, 3.63) is 194 Å². The lowest BCUT2D eigenvalue weighted by atomic mass is 9.89. The van der Waals surface area contributed by atoms with Crippen LogP contribution in [0.5, 0.6) is 0 Å². The molecule has 4 heteroatoms. The summed E-state index contributed by atoms with van der Waals surface area (Å²) in [7, 11) is 0. The Bertz CT molecular complexity index is 2900. The van der Waals surface area contributed by atoms with E-state index in [1.165, 1.54) is 27.3 Å². The molecule has 0 saturated heterocycles. The number of hydrogen-bond acceptors (Lipinski definition) is 4. The van der Waals surface area contributed by atoms with Crippen LogP contribution in [0, 0.1) is 0 Å². The SMILES string of the molecule is c1ccc(-c2nc3c(-c4ccc(-c5cc(-c6ccccn6)nc(-c6ccccn6)c5)cc4)cccc3c3c(-c4cccc5ccccc45)cccc23)cc1. The number of hydrogen-bond donors (Lipinski definition) is 0. The summed E-state index contributed by atoms with van der Waals surface area (Å²) >= 11 is 0. The smallest absolute Gasteiger partial charge is 0.0900 e. The van der Waals surface area contributed by atoms with Crippen molar-refractivity contribution < 1.29 is 0 Å². The standard InChI is InChI=1S/C50H32N4/c1-2-14-36(15-3-1)49-42-21-12-20-41(40-19-10-16-34-13-4-5-17-38(34)40)48(42)43-22-11-18-39(50(43)54-49)35-27-25-33(26-28-35)37-31-46(44-23-6-8-29-51-44)53-47(32-37)45-24-7-9-30-52-45/h1-32H. The third-order valence-electron chi connectivity index (χ3n) is 10.2. The molecule has 0 radical (unpaired) electrons. The number of rotatable bonds is 6. The van der Waals surface area contributed by atoms with E-state index in [0.29, 0.717) is 0 Å². The molecule has 54 heavy (non-hydrogen) atoms. The van der Waals surface area contributed by atoms with Gasteiger partial charge in [-0.05, 0) is 75.0 Å². The van der Waals surface area contributed by atoms with Crippen molar-refractivity contribution in [2.24, 2.45) is 0 Å². The highest BCUT2D eigenvalue weighted by atomic mass is 14.8. The number of aromatic nitrogens is 4. The lowest BCUT2D eigenvalue weighted by molar-refractivity contribution is 1.22. The van der Waals surface area contributed by atoms with E-state index in [9.17, 15) is 0 Å². The number of pyridine rings is 4. The molecule has 0 aliphatic heterocycles. The van der Waals surface area contributed by atoms with Crippen LogP contribution < -0.4 is 0 Å². The summed E-state index contributed by atoms with van der Waals surface area (Å²) in [6.45, 7) is 0. The molecule has 0 atom stereocenters. The Labute approximate surface area is 313 Å². The van der Waals surface area contributed by atoms with Crippen LogP contribution in [0.25, 0.3) is 99.9 Å². The quantitative estimate of drug-likeness (QED) is 0.163. The molecule has 0 aliphatic rings. The lowest BCUT2D eigenvalue weighted by Gasteiger charge is -2.17. The van der Waals surface area contributed by atoms with Gasteiger partial charge in [-0.1, -0.05) is 146 Å². The van der Waals surface area contributed by atoms with Crippen LogP contribution in [0.2, 0.25) is 0 Å². The number of nitrogens with zero attached hydrogens (tertiary/aromatic N) is 4. The molecule has 0 fully saturated rings. The largest absolute Gasteiger partial charge is 0.255 e. The van der Waals surface area contributed by atoms with E-state index in [0.717, 1.165) is 72.6 Å². The fraction of sp³-hybridized carbons (Fsp3) is 0. The van der Waals surface area contributed by atoms with E-state index in [-0.39, 0.29) is 0 Å². The summed E-state index contributed by atoms with van der Waals surface area (Å²) in [5.41, 5.74) is 13.0. The summed E-state index contributed by atoms with van der Waals surface area (Å²) in [5.74, 6) is 0. The summed E-state index contributed by atoms with van der Waals surface area (Å²) in [4.78, 5) is 19.7. The molecule has 10 aromatic rings. The first-order valence-electron chi connectivity index (χ1n) is 18.1. The molecule has 0 unspecified atom stereocenters. The number of benzene rings is 6. The van der Waals surface area contributed by atoms with Gasteiger partial charge >= 0.3 is 0 Å². The van der Waals surface area contributed by atoms with E-state index in [1.807, 2.05) is 36.4 Å². The van der Waals surface area contributed by atoms with Gasteiger partial charge in [-0.25, -0.2) is 9.97 Å². The molecule has 0 aliphatic carbocycles. The minimum Gasteiger partial charge on any atom is -0.255 e. The third-order valence-corrected chi connectivity index (χ3v) is 10.2. The van der Waals surface area contributed by atoms with Crippen LogP contribution in [0.4, 0.5) is 0 Å². The normalized spacial score (nSPS) is 11.3. The van der Waals surface area contributed by atoms with Gasteiger partial charge in [0.05, 0.1) is 34.0 Å². The van der Waals surface area contributed by atoms with Crippen LogP contribution in [0.1, 0.15) is 0 Å². The summed E-state index contributed by atoms with van der Waals surface area (Å²) < 4.78 is 0. The molecule has 4 aromatic heterocycles. The molecule has 0 spiro atoms. The summed E-state index contributed by atoms with van der Waals surface area (Å²) in [5, 5.41) is 5.93. The zero-order chi connectivity index (χ0) is 35.8. The van der Waals surface area contributed by atoms with Crippen LogP contribution in [0.3, 0.4) is 0 Å². The average molecular weight is 689 g/mol. The Morgan fingerprint density at radius 3 is 1.61 bits per heavy atom. The number of para-hydroxylation sites is 1. The minimum atomic E-state index is 0.804. The summed E-state index contributed by atoms with van der Waals surface area (Å²) in [6.07, 6.45) is 3.60. The van der Waals surface area contributed by atoms with Crippen LogP contribution in [0.15, 0.2) is 194 Å². The maximum atomic E-state index is 5.50. The predicted molar refractivity (Wildman–Crippen MR) is 223 cm³/mol. The van der Waals surface area contributed by atoms with Gasteiger partial charge in [0.2, 0.25) is 0 Å². The fourth-order valence-electron chi connectivity index (χ4n) is 7.64. The van der Waals surface area contributed by atoms with Gasteiger partial charge in [0.15, 0.2) is 0 Å². The average Bonchev–Trinajstić information content (AvgIpc) is 3.26.